The van der Waals surface area contributed by atoms with Crippen LogP contribution in [0.25, 0.3) is 21.9 Å². The van der Waals surface area contributed by atoms with Gasteiger partial charge in [0.1, 0.15) is 29.3 Å². The summed E-state index contributed by atoms with van der Waals surface area (Å²) in [6.45, 7) is 17.3. The topological polar surface area (TPSA) is 154 Å². The lowest BCUT2D eigenvalue weighted by molar-refractivity contribution is 0.00898. The van der Waals surface area contributed by atoms with Crippen LogP contribution in [0.1, 0.15) is 59.9 Å². The van der Waals surface area contributed by atoms with E-state index < -0.39 is 35.3 Å². The molecule has 14 nitrogen and oxygen atoms in total. The molecule has 6 rings (SSSR count). The number of morpholine rings is 1. The van der Waals surface area contributed by atoms with E-state index in [-0.39, 0.29) is 41.5 Å². The highest BCUT2D eigenvalue weighted by molar-refractivity contribution is 6.05. The Balaban J connectivity index is 1.26. The molecular formula is C38H49FN6O8. The lowest BCUT2D eigenvalue weighted by Gasteiger charge is -2.39. The zero-order chi connectivity index (χ0) is 38.1. The number of nitrogens with zero attached hydrogens (tertiary/aromatic N) is 4. The van der Waals surface area contributed by atoms with Crippen LogP contribution in [0.2, 0.25) is 0 Å². The van der Waals surface area contributed by atoms with Crippen molar-refractivity contribution < 1.29 is 42.5 Å². The molecule has 1 aromatic carbocycles. The summed E-state index contributed by atoms with van der Waals surface area (Å²) in [6.07, 6.45) is 2.71. The molecule has 4 heterocycles. The lowest BCUT2D eigenvalue weighted by Crippen LogP contribution is -2.43. The molecule has 53 heavy (non-hydrogen) atoms. The number of anilines is 3. The van der Waals surface area contributed by atoms with Crippen LogP contribution in [0.4, 0.5) is 36.0 Å². The van der Waals surface area contributed by atoms with Crippen molar-refractivity contribution in [2.75, 3.05) is 68.1 Å². The van der Waals surface area contributed by atoms with E-state index in [1.54, 1.807) is 60.6 Å². The van der Waals surface area contributed by atoms with Gasteiger partial charge in [-0.3, -0.25) is 20.4 Å². The fourth-order valence-corrected chi connectivity index (χ4v) is 6.81. The molecule has 1 saturated heterocycles. The minimum absolute atomic E-state index is 0.0717. The Labute approximate surface area is 308 Å². The average molecular weight is 737 g/mol. The summed E-state index contributed by atoms with van der Waals surface area (Å²) in [6, 6.07) is 3.14. The third-order valence-corrected chi connectivity index (χ3v) is 9.22. The van der Waals surface area contributed by atoms with Crippen LogP contribution in [-0.2, 0) is 18.9 Å². The number of amides is 3. The van der Waals surface area contributed by atoms with Crippen molar-refractivity contribution >= 4 is 46.2 Å². The van der Waals surface area contributed by atoms with Crippen LogP contribution >= 0.6 is 0 Å². The van der Waals surface area contributed by atoms with Crippen molar-refractivity contribution in [3.8, 4) is 17.0 Å². The summed E-state index contributed by atoms with van der Waals surface area (Å²) in [7, 11) is 0. The van der Waals surface area contributed by atoms with Crippen LogP contribution in [0, 0.1) is 24.6 Å². The van der Waals surface area contributed by atoms with E-state index in [1.165, 1.54) is 17.3 Å². The monoisotopic (exact) mass is 736 g/mol. The fraction of sp³-hybridized carbons (Fsp3) is 0.553. The number of pyridine rings is 2. The predicted molar refractivity (Wildman–Crippen MR) is 197 cm³/mol. The third-order valence-electron chi connectivity index (χ3n) is 9.22. The van der Waals surface area contributed by atoms with Gasteiger partial charge in [-0.15, -0.1) is 0 Å². The van der Waals surface area contributed by atoms with Gasteiger partial charge < -0.3 is 23.7 Å². The molecule has 3 aliphatic rings. The number of fused-ring (bicyclic) bond motifs is 2. The zero-order valence-electron chi connectivity index (χ0n) is 31.5. The van der Waals surface area contributed by atoms with Gasteiger partial charge in [-0.25, -0.2) is 28.7 Å². The molecule has 1 saturated carbocycles. The second-order valence-corrected chi connectivity index (χ2v) is 15.8. The van der Waals surface area contributed by atoms with E-state index in [0.717, 1.165) is 45.7 Å². The van der Waals surface area contributed by atoms with Crippen molar-refractivity contribution in [3.05, 3.63) is 35.9 Å². The van der Waals surface area contributed by atoms with E-state index >= 15 is 4.39 Å². The van der Waals surface area contributed by atoms with Crippen LogP contribution in [0.15, 0.2) is 24.5 Å². The van der Waals surface area contributed by atoms with E-state index in [4.69, 9.17) is 23.7 Å². The van der Waals surface area contributed by atoms with Gasteiger partial charge in [-0.2, -0.15) is 0 Å². The molecule has 0 bridgehead atoms. The first-order valence-electron chi connectivity index (χ1n) is 18.0. The number of carbonyl (C=O) groups is 3. The molecule has 3 amide bonds. The average Bonchev–Trinajstić information content (AvgIpc) is 3.06. The Hall–Kier alpha value is -4.76. The Morgan fingerprint density at radius 3 is 2.30 bits per heavy atom. The number of ether oxygens (including phenoxy) is 5. The minimum atomic E-state index is -0.867. The second kappa shape index (κ2) is 15.3. The summed E-state index contributed by atoms with van der Waals surface area (Å²) in [4.78, 5) is 51.7. The summed E-state index contributed by atoms with van der Waals surface area (Å²) in [5, 5.41) is 5.95. The van der Waals surface area contributed by atoms with E-state index in [1.807, 2.05) is 0 Å². The molecule has 0 radical (unpaired) electrons. The van der Waals surface area contributed by atoms with Crippen molar-refractivity contribution in [1.82, 2.24) is 14.9 Å². The third kappa shape index (κ3) is 9.25. The molecule has 2 aromatic heterocycles. The highest BCUT2D eigenvalue weighted by Gasteiger charge is 2.34. The number of hydrogen-bond acceptors (Lipinski definition) is 11. The normalized spacial score (nSPS) is 19.1. The van der Waals surface area contributed by atoms with Crippen LogP contribution < -0.4 is 20.3 Å². The van der Waals surface area contributed by atoms with Gasteiger partial charge in [0.15, 0.2) is 5.82 Å². The maximum Gasteiger partial charge on any atom is 0.415 e. The van der Waals surface area contributed by atoms with Crippen LogP contribution in [0.3, 0.4) is 0 Å². The number of nitrogens with one attached hydrogen (secondary N) is 2. The second-order valence-electron chi connectivity index (χ2n) is 15.8. The van der Waals surface area contributed by atoms with Gasteiger partial charge >= 0.3 is 18.3 Å². The molecule has 0 unspecified atom stereocenters. The Morgan fingerprint density at radius 2 is 1.60 bits per heavy atom. The van der Waals surface area contributed by atoms with Gasteiger partial charge in [-0.05, 0) is 96.2 Å². The summed E-state index contributed by atoms with van der Waals surface area (Å²) in [5.74, 6) is 0.496. The maximum atomic E-state index is 16.7. The van der Waals surface area contributed by atoms with E-state index in [2.05, 4.69) is 25.5 Å². The Morgan fingerprint density at radius 1 is 0.887 bits per heavy atom. The molecule has 286 valence electrons. The molecule has 0 spiro atoms. The van der Waals surface area contributed by atoms with Gasteiger partial charge in [0, 0.05) is 48.5 Å². The number of aromatic nitrogens is 2. The summed E-state index contributed by atoms with van der Waals surface area (Å²) < 4.78 is 44.5. The molecule has 2 fully saturated rings. The first-order valence-corrected chi connectivity index (χ1v) is 18.0. The Kier molecular flexibility index (Phi) is 11.0. The van der Waals surface area contributed by atoms with Gasteiger partial charge in [0.2, 0.25) is 5.88 Å². The van der Waals surface area contributed by atoms with Gasteiger partial charge in [-0.1, -0.05) is 0 Å². The van der Waals surface area contributed by atoms with E-state index in [0.29, 0.717) is 40.6 Å². The first kappa shape index (κ1) is 38.0. The van der Waals surface area contributed by atoms with Crippen LogP contribution in [-0.4, -0.2) is 97.0 Å². The van der Waals surface area contributed by atoms with Crippen molar-refractivity contribution in [2.45, 2.75) is 72.5 Å². The highest BCUT2D eigenvalue weighted by Crippen LogP contribution is 2.43. The summed E-state index contributed by atoms with van der Waals surface area (Å²) in [5.41, 5.74) is -0.519. The van der Waals surface area contributed by atoms with Gasteiger partial charge in [0.25, 0.3) is 0 Å². The predicted octanol–water partition coefficient (Wildman–Crippen LogP) is 7.13. The molecule has 3 aromatic rings. The number of halogens is 1. The standard InChI is InChI=1S/C38H49FN6O8/c1-22-27(18-41-33-32(22)45(10-13-50-33)36(48)53-38(5,6)7)26-16-25-17-29(40-19-28(25)31(30(26)39)43-35(47)52-37(2,3)4)42-34(46)51-21-24-14-23(15-24)20-44-8-11-49-12-9-44/h16-19,23-24H,8-15,20-21H2,1-7H3,(H,43,47)(H,40,42,46). The van der Waals surface area contributed by atoms with Crippen molar-refractivity contribution in [3.63, 3.8) is 0 Å². The number of benzene rings is 1. The lowest BCUT2D eigenvalue weighted by atomic mass is 9.75. The van der Waals surface area contributed by atoms with E-state index in [9.17, 15) is 14.4 Å². The summed E-state index contributed by atoms with van der Waals surface area (Å²) >= 11 is 0. The minimum Gasteiger partial charge on any atom is -0.474 e. The fourth-order valence-electron chi connectivity index (χ4n) is 6.81. The molecule has 0 atom stereocenters. The molecule has 2 N–H and O–H groups in total. The Bertz CT molecular complexity index is 1860. The SMILES string of the molecule is Cc1c(-c2cc3cc(NC(=O)OCC4CC(CN5CCOCC5)C4)ncc3c(NC(=O)OC(C)(C)C)c2F)cnc2c1N(C(=O)OC(C)(C)C)CCO2. The molecule has 1 aliphatic carbocycles. The highest BCUT2D eigenvalue weighted by atomic mass is 19.1. The molecule has 15 heteroatoms. The molecular weight excluding hydrogens is 687 g/mol. The molecule has 2 aliphatic heterocycles. The quantitative estimate of drug-likeness (QED) is 0.238. The van der Waals surface area contributed by atoms with Crippen LogP contribution in [0.5, 0.6) is 5.88 Å². The number of carbonyl (C=O) groups excluding carboxylic acids is 3. The smallest absolute Gasteiger partial charge is 0.415 e. The number of hydrogen-bond donors (Lipinski definition) is 2. The first-order chi connectivity index (χ1) is 25.0. The maximum absolute atomic E-state index is 16.7. The zero-order valence-corrected chi connectivity index (χ0v) is 31.5. The van der Waals surface area contributed by atoms with Crippen molar-refractivity contribution in [1.29, 1.82) is 0 Å². The largest absolute Gasteiger partial charge is 0.474 e. The van der Waals surface area contributed by atoms with Gasteiger partial charge in [0.05, 0.1) is 32.1 Å². The number of rotatable bonds is 7. The van der Waals surface area contributed by atoms with Crippen molar-refractivity contribution in [2.24, 2.45) is 11.8 Å².